The van der Waals surface area contributed by atoms with Crippen molar-refractivity contribution in [3.63, 3.8) is 0 Å². The normalized spacial score (nSPS) is 22.0. The van der Waals surface area contributed by atoms with Crippen LogP contribution in [0.5, 0.6) is 0 Å². The molecule has 1 fully saturated rings. The van der Waals surface area contributed by atoms with E-state index in [0.29, 0.717) is 19.3 Å². The molecule has 0 aromatic heterocycles. The fourth-order valence-electron chi connectivity index (χ4n) is 7.09. The van der Waals surface area contributed by atoms with Crippen molar-refractivity contribution in [2.24, 2.45) is 0 Å². The summed E-state index contributed by atoms with van der Waals surface area (Å²) in [5, 5.41) is 41.2. The smallest absolute Gasteiger partial charge is 0.462 e. The monoisotopic (exact) mass is 967 g/mol. The maximum absolute atomic E-state index is 13.0. The lowest BCUT2D eigenvalue weighted by Gasteiger charge is -2.43. The summed E-state index contributed by atoms with van der Waals surface area (Å²) in [4.78, 5) is 54.3. The van der Waals surface area contributed by atoms with Crippen LogP contribution in [0.2, 0.25) is 0 Å². The van der Waals surface area contributed by atoms with Gasteiger partial charge in [-0.15, -0.1) is 0 Å². The Labute approximate surface area is 388 Å². The largest absolute Gasteiger partial charge is 0.472 e. The Morgan fingerprint density at radius 3 is 1.43 bits per heavy atom. The Morgan fingerprint density at radius 2 is 0.908 bits per heavy atom. The maximum Gasteiger partial charge on any atom is 0.472 e. The first kappa shape index (κ1) is 61.0. The van der Waals surface area contributed by atoms with Crippen LogP contribution in [0.3, 0.4) is 0 Å². The molecule has 16 nitrogen and oxygen atoms in total. The number of rotatable bonds is 40. The van der Waals surface area contributed by atoms with Crippen LogP contribution in [0, 0.1) is 0 Å². The first-order valence-corrected chi connectivity index (χ1v) is 27.2. The second kappa shape index (κ2) is 37.9. The first-order chi connectivity index (χ1) is 31.1. The molecule has 1 saturated carbocycles. The van der Waals surface area contributed by atoms with Crippen molar-refractivity contribution in [1.29, 1.82) is 0 Å². The molecule has 0 aliphatic heterocycles. The van der Waals surface area contributed by atoms with Crippen LogP contribution < -0.4 is 0 Å². The molecule has 65 heavy (non-hydrogen) atoms. The lowest BCUT2D eigenvalue weighted by atomic mass is 9.85. The van der Waals surface area contributed by atoms with Gasteiger partial charge in [0.15, 0.2) is 6.10 Å². The number of ether oxygens (including phenoxy) is 2. The second-order valence-electron chi connectivity index (χ2n) is 16.8. The zero-order chi connectivity index (χ0) is 48.2. The number of phosphoric acid groups is 2. The Balaban J connectivity index is 2.63. The van der Waals surface area contributed by atoms with Gasteiger partial charge in [0.2, 0.25) is 0 Å². The lowest BCUT2D eigenvalue weighted by Crippen LogP contribution is -2.64. The van der Waals surface area contributed by atoms with Crippen LogP contribution in [-0.4, -0.2) is 103 Å². The van der Waals surface area contributed by atoms with Crippen LogP contribution in [0.25, 0.3) is 0 Å². The van der Waals surface area contributed by atoms with Gasteiger partial charge in [0.1, 0.15) is 43.2 Å². The molecule has 0 saturated heterocycles. The second-order valence-corrected chi connectivity index (χ2v) is 19.4. The summed E-state index contributed by atoms with van der Waals surface area (Å²) in [7, 11) is -10.7. The van der Waals surface area contributed by atoms with Gasteiger partial charge >= 0.3 is 27.6 Å². The van der Waals surface area contributed by atoms with E-state index in [0.717, 1.165) is 70.6 Å². The molecule has 0 heterocycles. The van der Waals surface area contributed by atoms with E-state index in [1.807, 2.05) is 12.2 Å². The van der Waals surface area contributed by atoms with Gasteiger partial charge in [0.05, 0.1) is 6.61 Å². The highest BCUT2D eigenvalue weighted by Crippen LogP contribution is 2.49. The SMILES string of the molecule is CCCCCCC=CCCCCCCCCCC(=O)OCC(COP(=O)(O)OC1C(O)C(O)C(O)C(OP(=O)(O)O)C1O)OC(=O)CCCC=CCC=CCC=CCCCCCCCC. The van der Waals surface area contributed by atoms with E-state index in [9.17, 15) is 53.8 Å². The summed E-state index contributed by atoms with van der Waals surface area (Å²) in [6, 6.07) is 0. The Morgan fingerprint density at radius 1 is 0.492 bits per heavy atom. The third-order valence-electron chi connectivity index (χ3n) is 10.9. The van der Waals surface area contributed by atoms with Crippen molar-refractivity contribution in [2.75, 3.05) is 13.2 Å². The average molecular weight is 967 g/mol. The molecule has 7 N–H and O–H groups in total. The highest BCUT2D eigenvalue weighted by atomic mass is 31.2. The molecule has 0 bridgehead atoms. The Hall–Kier alpha value is -2.04. The molecule has 378 valence electrons. The standard InChI is InChI=1S/C47H84O16P2/c1-3-5-7-9-11-13-15-17-19-20-22-24-26-28-30-32-34-36-41(49)61-39(37-59-40(48)35-33-31-29-27-25-23-21-18-16-14-12-10-8-6-4-2)38-60-65(57,58)63-47-44(52)42(50)43(51)46(45(47)53)62-64(54,55)56/h14,16-17,19,22,24,28,30,39,42-47,50-53H,3-13,15,18,20-21,23,25-27,29,31-38H2,1-2H3,(H,57,58)(H2,54,55,56). The minimum atomic E-state index is -5.37. The van der Waals surface area contributed by atoms with Gasteiger partial charge < -0.3 is 44.6 Å². The van der Waals surface area contributed by atoms with E-state index in [4.69, 9.17) is 18.5 Å². The van der Waals surface area contributed by atoms with Crippen molar-refractivity contribution in [2.45, 2.75) is 224 Å². The fraction of sp³-hybridized carbons (Fsp3) is 0.787. The van der Waals surface area contributed by atoms with Crippen molar-refractivity contribution >= 4 is 27.6 Å². The van der Waals surface area contributed by atoms with Crippen LogP contribution in [0.4, 0.5) is 0 Å². The molecule has 0 radical (unpaired) electrons. The van der Waals surface area contributed by atoms with E-state index in [2.05, 4.69) is 54.8 Å². The number of hydrogen-bond donors (Lipinski definition) is 7. The van der Waals surface area contributed by atoms with Crippen LogP contribution in [0.15, 0.2) is 48.6 Å². The van der Waals surface area contributed by atoms with Gasteiger partial charge in [-0.25, -0.2) is 9.13 Å². The zero-order valence-electron chi connectivity index (χ0n) is 39.2. The predicted molar refractivity (Wildman–Crippen MR) is 250 cm³/mol. The van der Waals surface area contributed by atoms with Gasteiger partial charge in [-0.1, -0.05) is 146 Å². The summed E-state index contributed by atoms with van der Waals surface area (Å²) in [5.74, 6) is -1.27. The van der Waals surface area contributed by atoms with Crippen molar-refractivity contribution in [1.82, 2.24) is 0 Å². The molecule has 0 spiro atoms. The van der Waals surface area contributed by atoms with Crippen molar-refractivity contribution in [3.05, 3.63) is 48.6 Å². The quantitative estimate of drug-likeness (QED) is 0.0131. The third kappa shape index (κ3) is 32.4. The van der Waals surface area contributed by atoms with Gasteiger partial charge in [-0.2, -0.15) is 0 Å². The maximum atomic E-state index is 13.0. The number of unbranched alkanes of at least 4 members (excludes halogenated alkanes) is 18. The lowest BCUT2D eigenvalue weighted by molar-refractivity contribution is -0.216. The minimum absolute atomic E-state index is 0.0290. The molecular formula is C47H84O16P2. The topological polar surface area (TPSA) is 256 Å². The number of allylic oxidation sites excluding steroid dienone is 8. The van der Waals surface area contributed by atoms with Crippen LogP contribution in [-0.2, 0) is 41.8 Å². The van der Waals surface area contributed by atoms with Gasteiger partial charge in [-0.05, 0) is 70.6 Å². The number of esters is 2. The molecule has 1 aliphatic carbocycles. The molecule has 1 rings (SSSR count). The van der Waals surface area contributed by atoms with E-state index in [-0.39, 0.29) is 12.8 Å². The molecule has 8 unspecified atom stereocenters. The van der Waals surface area contributed by atoms with Crippen molar-refractivity contribution in [3.8, 4) is 0 Å². The van der Waals surface area contributed by atoms with E-state index in [1.54, 1.807) is 0 Å². The number of aliphatic hydroxyl groups is 4. The highest BCUT2D eigenvalue weighted by molar-refractivity contribution is 7.47. The van der Waals surface area contributed by atoms with Crippen LogP contribution in [0.1, 0.15) is 181 Å². The fourth-order valence-corrected chi connectivity index (χ4v) is 8.63. The zero-order valence-corrected chi connectivity index (χ0v) is 40.9. The molecule has 1 aliphatic rings. The molecule has 8 atom stereocenters. The number of hydrogen-bond acceptors (Lipinski definition) is 13. The molecule has 0 aromatic carbocycles. The average Bonchev–Trinajstić information content (AvgIpc) is 3.26. The molecule has 0 aromatic rings. The van der Waals surface area contributed by atoms with E-state index >= 15 is 0 Å². The summed E-state index contributed by atoms with van der Waals surface area (Å²) in [6.07, 6.45) is 27.9. The summed E-state index contributed by atoms with van der Waals surface area (Å²) in [5.41, 5.74) is 0. The van der Waals surface area contributed by atoms with Gasteiger partial charge in [0.25, 0.3) is 0 Å². The third-order valence-corrected chi connectivity index (χ3v) is 12.4. The van der Waals surface area contributed by atoms with Gasteiger partial charge in [-0.3, -0.25) is 23.2 Å². The summed E-state index contributed by atoms with van der Waals surface area (Å²) >= 11 is 0. The Bertz CT molecular complexity index is 1450. The predicted octanol–water partition coefficient (Wildman–Crippen LogP) is 9.29. The van der Waals surface area contributed by atoms with E-state index in [1.165, 1.54) is 64.2 Å². The van der Waals surface area contributed by atoms with Crippen LogP contribution >= 0.6 is 15.6 Å². The molecule has 0 amide bonds. The Kier molecular flexibility index (Phi) is 35.5. The van der Waals surface area contributed by atoms with E-state index < -0.39 is 83.5 Å². The summed E-state index contributed by atoms with van der Waals surface area (Å²) < 4.78 is 49.3. The van der Waals surface area contributed by atoms with Crippen molar-refractivity contribution < 1.29 is 76.9 Å². The first-order valence-electron chi connectivity index (χ1n) is 24.2. The number of aliphatic hydroxyl groups excluding tert-OH is 4. The number of carbonyl (C=O) groups excluding carboxylic acids is 2. The van der Waals surface area contributed by atoms with Gasteiger partial charge in [0, 0.05) is 12.8 Å². The number of carbonyl (C=O) groups is 2. The number of phosphoric ester groups is 2. The minimum Gasteiger partial charge on any atom is -0.462 e. The highest BCUT2D eigenvalue weighted by Gasteiger charge is 2.54. The summed E-state index contributed by atoms with van der Waals surface area (Å²) in [6.45, 7) is 3.05. The molecule has 18 heteroatoms. The molecular weight excluding hydrogens is 882 g/mol.